The average Bonchev–Trinajstić information content (AvgIpc) is 3.45. The van der Waals surface area contributed by atoms with Gasteiger partial charge in [-0.2, -0.15) is 0 Å². The van der Waals surface area contributed by atoms with Crippen molar-refractivity contribution >= 4 is 34.5 Å². The number of anilines is 2. The summed E-state index contributed by atoms with van der Waals surface area (Å²) in [6.45, 7) is 1.83. The van der Waals surface area contributed by atoms with E-state index in [9.17, 15) is 9.59 Å². The lowest BCUT2D eigenvalue weighted by molar-refractivity contribution is -0.117. The van der Waals surface area contributed by atoms with Gasteiger partial charge in [-0.25, -0.2) is 4.98 Å². The van der Waals surface area contributed by atoms with E-state index in [1.54, 1.807) is 0 Å². The summed E-state index contributed by atoms with van der Waals surface area (Å²) in [6.07, 6.45) is 1.94. The fourth-order valence-corrected chi connectivity index (χ4v) is 3.72. The van der Waals surface area contributed by atoms with Crippen LogP contribution in [0.2, 0.25) is 0 Å². The first-order valence-corrected chi connectivity index (χ1v) is 9.67. The van der Waals surface area contributed by atoms with Gasteiger partial charge < -0.3 is 10.6 Å². The average molecular weight is 377 g/mol. The highest BCUT2D eigenvalue weighted by atomic mass is 32.1. The van der Waals surface area contributed by atoms with Crippen molar-refractivity contribution in [2.75, 3.05) is 10.6 Å². The zero-order chi connectivity index (χ0) is 18.8. The number of hydrogen-bond donors (Lipinski definition) is 2. The molecule has 3 aromatic rings. The predicted molar refractivity (Wildman–Crippen MR) is 108 cm³/mol. The molecule has 0 spiro atoms. The van der Waals surface area contributed by atoms with Gasteiger partial charge in [-0.1, -0.05) is 30.3 Å². The topological polar surface area (TPSA) is 71.1 Å². The molecule has 0 atom stereocenters. The van der Waals surface area contributed by atoms with Crippen LogP contribution in [0, 0.1) is 12.8 Å². The molecule has 0 radical (unpaired) electrons. The third-order valence-corrected chi connectivity index (χ3v) is 5.56. The molecule has 0 saturated heterocycles. The van der Waals surface area contributed by atoms with E-state index in [4.69, 9.17) is 0 Å². The van der Waals surface area contributed by atoms with E-state index in [0.29, 0.717) is 10.6 Å². The normalized spacial score (nSPS) is 13.2. The molecule has 2 amide bonds. The summed E-state index contributed by atoms with van der Waals surface area (Å²) in [4.78, 5) is 29.7. The molecule has 2 N–H and O–H groups in total. The minimum absolute atomic E-state index is 0.0744. The summed E-state index contributed by atoms with van der Waals surface area (Å²) >= 11 is 1.35. The molecule has 1 saturated carbocycles. The predicted octanol–water partition coefficient (Wildman–Crippen LogP) is 4.72. The molecule has 6 heteroatoms. The van der Waals surface area contributed by atoms with Gasteiger partial charge in [0, 0.05) is 22.9 Å². The Bertz CT molecular complexity index is 994. The number of nitrogens with one attached hydrogen (secondary N) is 2. The van der Waals surface area contributed by atoms with Crippen LogP contribution in [0.25, 0.3) is 10.6 Å². The Morgan fingerprint density at radius 2 is 1.74 bits per heavy atom. The number of hydrogen-bond acceptors (Lipinski definition) is 4. The number of carbonyl (C=O) groups excluding carboxylic acids is 2. The van der Waals surface area contributed by atoms with E-state index in [-0.39, 0.29) is 17.7 Å². The number of para-hydroxylation sites is 1. The molecule has 5 nitrogen and oxygen atoms in total. The first-order chi connectivity index (χ1) is 13.1. The molecule has 27 heavy (non-hydrogen) atoms. The largest absolute Gasteiger partial charge is 0.326 e. The van der Waals surface area contributed by atoms with Crippen molar-refractivity contribution in [1.29, 1.82) is 0 Å². The van der Waals surface area contributed by atoms with Crippen LogP contribution in [0.3, 0.4) is 0 Å². The van der Waals surface area contributed by atoms with Gasteiger partial charge in [-0.15, -0.1) is 11.3 Å². The van der Waals surface area contributed by atoms with E-state index in [0.717, 1.165) is 34.8 Å². The smallest absolute Gasteiger partial charge is 0.267 e. The first-order valence-electron chi connectivity index (χ1n) is 8.85. The lowest BCUT2D eigenvalue weighted by Crippen LogP contribution is -2.13. The van der Waals surface area contributed by atoms with Gasteiger partial charge in [0.15, 0.2) is 0 Å². The van der Waals surface area contributed by atoms with Crippen LogP contribution in [-0.2, 0) is 4.79 Å². The number of carbonyl (C=O) groups is 2. The number of thiazole rings is 1. The SMILES string of the molecule is Cc1nc(-c2cccc(NC(=O)C3CC3)c2)sc1C(=O)Nc1ccccc1. The van der Waals surface area contributed by atoms with Crippen LogP contribution in [0.4, 0.5) is 11.4 Å². The number of nitrogens with zero attached hydrogens (tertiary/aromatic N) is 1. The Morgan fingerprint density at radius 3 is 2.48 bits per heavy atom. The number of aryl methyl sites for hydroxylation is 1. The fourth-order valence-electron chi connectivity index (χ4n) is 2.76. The fraction of sp³-hybridized carbons (Fsp3) is 0.190. The highest BCUT2D eigenvalue weighted by Gasteiger charge is 2.29. The quantitative estimate of drug-likeness (QED) is 0.676. The molecule has 136 valence electrons. The second-order valence-corrected chi connectivity index (χ2v) is 7.60. The van der Waals surface area contributed by atoms with Gasteiger partial charge in [-0.3, -0.25) is 9.59 Å². The molecular formula is C21H19N3O2S. The maximum absolute atomic E-state index is 12.6. The van der Waals surface area contributed by atoms with E-state index in [1.165, 1.54) is 11.3 Å². The van der Waals surface area contributed by atoms with Crippen LogP contribution >= 0.6 is 11.3 Å². The van der Waals surface area contributed by atoms with Crippen LogP contribution in [0.1, 0.15) is 28.2 Å². The third kappa shape index (κ3) is 4.06. The van der Waals surface area contributed by atoms with Crippen LogP contribution < -0.4 is 10.6 Å². The monoisotopic (exact) mass is 377 g/mol. The Morgan fingerprint density at radius 1 is 1.00 bits per heavy atom. The van der Waals surface area contributed by atoms with Crippen LogP contribution in [0.15, 0.2) is 54.6 Å². The Hall–Kier alpha value is -2.99. The Balaban J connectivity index is 1.54. The van der Waals surface area contributed by atoms with Crippen molar-refractivity contribution < 1.29 is 9.59 Å². The van der Waals surface area contributed by atoms with Crippen molar-refractivity contribution in [3.05, 3.63) is 65.2 Å². The molecule has 1 aromatic heterocycles. The number of aromatic nitrogens is 1. The highest BCUT2D eigenvalue weighted by molar-refractivity contribution is 7.17. The van der Waals surface area contributed by atoms with Gasteiger partial charge in [-0.05, 0) is 44.0 Å². The molecule has 0 unspecified atom stereocenters. The molecule has 1 aliphatic carbocycles. The summed E-state index contributed by atoms with van der Waals surface area (Å²) < 4.78 is 0. The van der Waals surface area contributed by atoms with Gasteiger partial charge in [0.1, 0.15) is 9.88 Å². The second kappa shape index (κ2) is 7.32. The standard InChI is InChI=1S/C21H19N3O2S/c1-13-18(20(26)23-16-7-3-2-4-8-16)27-21(22-13)15-6-5-9-17(12-15)24-19(25)14-10-11-14/h2-9,12,14H,10-11H2,1H3,(H,23,26)(H,24,25). The summed E-state index contributed by atoms with van der Waals surface area (Å²) in [6, 6.07) is 16.9. The van der Waals surface area contributed by atoms with Gasteiger partial charge in [0.2, 0.25) is 5.91 Å². The molecule has 4 rings (SSSR count). The van der Waals surface area contributed by atoms with Crippen molar-refractivity contribution in [3.63, 3.8) is 0 Å². The number of rotatable bonds is 5. The van der Waals surface area contributed by atoms with Gasteiger partial charge in [0.25, 0.3) is 5.91 Å². The van der Waals surface area contributed by atoms with Crippen LogP contribution in [0.5, 0.6) is 0 Å². The summed E-state index contributed by atoms with van der Waals surface area (Å²) in [5.41, 5.74) is 3.08. The van der Waals surface area contributed by atoms with Crippen molar-refractivity contribution in [1.82, 2.24) is 4.98 Å². The van der Waals surface area contributed by atoms with E-state index in [2.05, 4.69) is 15.6 Å². The van der Waals surface area contributed by atoms with Crippen LogP contribution in [-0.4, -0.2) is 16.8 Å². The van der Waals surface area contributed by atoms with Crippen molar-refractivity contribution in [3.8, 4) is 10.6 Å². The zero-order valence-electron chi connectivity index (χ0n) is 14.9. The summed E-state index contributed by atoms with van der Waals surface area (Å²) in [7, 11) is 0. The van der Waals surface area contributed by atoms with E-state index < -0.39 is 0 Å². The second-order valence-electron chi connectivity index (χ2n) is 6.60. The maximum atomic E-state index is 12.6. The lowest BCUT2D eigenvalue weighted by atomic mass is 10.2. The first kappa shape index (κ1) is 17.4. The molecular weight excluding hydrogens is 358 g/mol. The molecule has 1 aliphatic rings. The lowest BCUT2D eigenvalue weighted by Gasteiger charge is -2.05. The van der Waals surface area contributed by atoms with Gasteiger partial charge in [0.05, 0.1) is 5.69 Å². The van der Waals surface area contributed by atoms with E-state index >= 15 is 0 Å². The summed E-state index contributed by atoms with van der Waals surface area (Å²) in [5.74, 6) is 0.0649. The molecule has 0 bridgehead atoms. The zero-order valence-corrected chi connectivity index (χ0v) is 15.7. The minimum atomic E-state index is -0.166. The summed E-state index contributed by atoms with van der Waals surface area (Å²) in [5, 5.41) is 6.60. The Kier molecular flexibility index (Phi) is 4.73. The molecule has 1 fully saturated rings. The minimum Gasteiger partial charge on any atom is -0.326 e. The molecule has 1 heterocycles. The molecule has 0 aliphatic heterocycles. The van der Waals surface area contributed by atoms with E-state index in [1.807, 2.05) is 61.5 Å². The third-order valence-electron chi connectivity index (χ3n) is 4.36. The van der Waals surface area contributed by atoms with Crippen molar-refractivity contribution in [2.45, 2.75) is 19.8 Å². The van der Waals surface area contributed by atoms with Crippen molar-refractivity contribution in [2.24, 2.45) is 5.92 Å². The highest BCUT2D eigenvalue weighted by Crippen LogP contribution is 2.32. The number of benzene rings is 2. The van der Waals surface area contributed by atoms with Gasteiger partial charge >= 0.3 is 0 Å². The Labute approximate surface area is 161 Å². The molecule has 2 aromatic carbocycles. The number of amides is 2. The maximum Gasteiger partial charge on any atom is 0.267 e.